The number of rotatable bonds is 8. The predicted molar refractivity (Wildman–Crippen MR) is 103 cm³/mol. The van der Waals surface area contributed by atoms with Gasteiger partial charge >= 0.3 is 0 Å². The SMILES string of the molecule is COCCNc1noc(-c2ccc(Cl)cc2)c1C(=O)N(C)CC1(C)COC1. The summed E-state index contributed by atoms with van der Waals surface area (Å²) in [6.45, 7) is 5.00. The molecule has 3 rings (SSSR count). The van der Waals surface area contributed by atoms with Gasteiger partial charge in [-0.25, -0.2) is 0 Å². The van der Waals surface area contributed by atoms with Crippen LogP contribution in [0.15, 0.2) is 28.8 Å². The van der Waals surface area contributed by atoms with Crippen molar-refractivity contribution in [3.8, 4) is 11.3 Å². The third-order valence-electron chi connectivity index (χ3n) is 4.48. The highest BCUT2D eigenvalue weighted by molar-refractivity contribution is 6.30. The van der Waals surface area contributed by atoms with E-state index in [0.29, 0.717) is 55.1 Å². The van der Waals surface area contributed by atoms with Crippen LogP contribution >= 0.6 is 11.6 Å². The number of nitrogens with zero attached hydrogens (tertiary/aromatic N) is 2. The lowest BCUT2D eigenvalue weighted by Gasteiger charge is -2.40. The van der Waals surface area contributed by atoms with Crippen LogP contribution in [0.3, 0.4) is 0 Å². The molecule has 1 fully saturated rings. The van der Waals surface area contributed by atoms with E-state index in [1.54, 1.807) is 43.3 Å². The maximum atomic E-state index is 13.2. The Morgan fingerprint density at radius 2 is 2.07 bits per heavy atom. The fourth-order valence-electron chi connectivity index (χ4n) is 3.06. The summed E-state index contributed by atoms with van der Waals surface area (Å²) in [4.78, 5) is 14.9. The van der Waals surface area contributed by atoms with E-state index >= 15 is 0 Å². The molecule has 0 bridgehead atoms. The van der Waals surface area contributed by atoms with Crippen molar-refractivity contribution in [3.05, 3.63) is 34.9 Å². The van der Waals surface area contributed by atoms with Crippen LogP contribution in [-0.4, -0.2) is 63.0 Å². The highest BCUT2D eigenvalue weighted by Gasteiger charge is 2.37. The minimum atomic E-state index is -0.158. The highest BCUT2D eigenvalue weighted by Crippen LogP contribution is 2.33. The second-order valence-corrected chi connectivity index (χ2v) is 7.56. The van der Waals surface area contributed by atoms with Crippen LogP contribution in [0.25, 0.3) is 11.3 Å². The van der Waals surface area contributed by atoms with Gasteiger partial charge in [0.1, 0.15) is 5.56 Å². The van der Waals surface area contributed by atoms with Gasteiger partial charge in [0, 0.05) is 43.2 Å². The number of anilines is 1. The van der Waals surface area contributed by atoms with Crippen LogP contribution in [0.5, 0.6) is 0 Å². The minimum Gasteiger partial charge on any atom is -0.383 e. The van der Waals surface area contributed by atoms with Crippen molar-refractivity contribution in [2.24, 2.45) is 5.41 Å². The van der Waals surface area contributed by atoms with Gasteiger partial charge in [-0.2, -0.15) is 0 Å². The van der Waals surface area contributed by atoms with Crippen molar-refractivity contribution in [1.82, 2.24) is 10.1 Å². The summed E-state index contributed by atoms with van der Waals surface area (Å²) in [6.07, 6.45) is 0. The monoisotopic (exact) mass is 393 g/mol. The number of carbonyl (C=O) groups excluding carboxylic acids is 1. The van der Waals surface area contributed by atoms with E-state index in [1.807, 2.05) is 0 Å². The summed E-state index contributed by atoms with van der Waals surface area (Å²) in [5.74, 6) is 0.663. The fraction of sp³-hybridized carbons (Fsp3) is 0.474. The zero-order valence-electron chi connectivity index (χ0n) is 15.8. The van der Waals surface area contributed by atoms with E-state index < -0.39 is 0 Å². The molecule has 146 valence electrons. The van der Waals surface area contributed by atoms with Gasteiger partial charge in [0.05, 0.1) is 19.8 Å². The Hall–Kier alpha value is -2.09. The first kappa shape index (κ1) is 19.7. The van der Waals surface area contributed by atoms with Gasteiger partial charge in [0.15, 0.2) is 11.6 Å². The van der Waals surface area contributed by atoms with Crippen molar-refractivity contribution in [1.29, 1.82) is 0 Å². The largest absolute Gasteiger partial charge is 0.383 e. The molecule has 0 spiro atoms. The van der Waals surface area contributed by atoms with Crippen molar-refractivity contribution >= 4 is 23.3 Å². The van der Waals surface area contributed by atoms with E-state index in [0.717, 1.165) is 5.56 Å². The predicted octanol–water partition coefficient (Wildman–Crippen LogP) is 3.16. The summed E-state index contributed by atoms with van der Waals surface area (Å²) in [5.41, 5.74) is 1.12. The topological polar surface area (TPSA) is 76.8 Å². The summed E-state index contributed by atoms with van der Waals surface area (Å²) in [7, 11) is 3.40. The summed E-state index contributed by atoms with van der Waals surface area (Å²) in [5, 5.41) is 7.80. The maximum Gasteiger partial charge on any atom is 0.261 e. The quantitative estimate of drug-likeness (QED) is 0.694. The number of aromatic nitrogens is 1. The van der Waals surface area contributed by atoms with Crippen molar-refractivity contribution < 1.29 is 18.8 Å². The molecule has 0 saturated carbocycles. The number of carbonyl (C=O) groups is 1. The third kappa shape index (κ3) is 4.43. The first-order chi connectivity index (χ1) is 12.9. The van der Waals surface area contributed by atoms with E-state index in [-0.39, 0.29) is 11.3 Å². The van der Waals surface area contributed by atoms with Crippen LogP contribution in [0.4, 0.5) is 5.82 Å². The molecule has 1 aliphatic rings. The van der Waals surface area contributed by atoms with Crippen LogP contribution in [0, 0.1) is 5.41 Å². The van der Waals surface area contributed by atoms with Crippen LogP contribution in [-0.2, 0) is 9.47 Å². The molecule has 1 amide bonds. The zero-order valence-corrected chi connectivity index (χ0v) is 16.5. The lowest BCUT2D eigenvalue weighted by atomic mass is 9.88. The minimum absolute atomic E-state index is 0.0222. The number of methoxy groups -OCH3 is 1. The van der Waals surface area contributed by atoms with Crippen molar-refractivity contribution in [3.63, 3.8) is 0 Å². The number of ether oxygens (including phenoxy) is 2. The molecule has 0 unspecified atom stereocenters. The molecule has 1 aromatic carbocycles. The van der Waals surface area contributed by atoms with Gasteiger partial charge in [-0.3, -0.25) is 4.79 Å². The smallest absolute Gasteiger partial charge is 0.261 e. The summed E-state index contributed by atoms with van der Waals surface area (Å²) >= 11 is 5.98. The average Bonchev–Trinajstić information content (AvgIpc) is 3.04. The third-order valence-corrected chi connectivity index (χ3v) is 4.73. The Labute approximate surface area is 163 Å². The Morgan fingerprint density at radius 1 is 1.37 bits per heavy atom. The van der Waals surface area contributed by atoms with Crippen molar-refractivity contribution in [2.45, 2.75) is 6.92 Å². The lowest BCUT2D eigenvalue weighted by molar-refractivity contribution is -0.109. The molecule has 1 aromatic heterocycles. The molecule has 1 aliphatic heterocycles. The number of nitrogens with one attached hydrogen (secondary N) is 1. The second-order valence-electron chi connectivity index (χ2n) is 7.13. The first-order valence-electron chi connectivity index (χ1n) is 8.75. The van der Waals surface area contributed by atoms with Gasteiger partial charge in [0.25, 0.3) is 5.91 Å². The standard InChI is InChI=1S/C19H24ClN3O4/c1-19(11-26-12-19)10-23(2)18(24)15-16(13-4-6-14(20)7-5-13)27-22-17(15)21-8-9-25-3/h4-7H,8-12H2,1-3H3,(H,21,22). The normalized spacial score (nSPS) is 15.3. The molecule has 0 atom stereocenters. The molecule has 7 nitrogen and oxygen atoms in total. The average molecular weight is 394 g/mol. The lowest BCUT2D eigenvalue weighted by Crippen LogP contribution is -2.49. The van der Waals surface area contributed by atoms with Crippen LogP contribution < -0.4 is 5.32 Å². The number of halogens is 1. The first-order valence-corrected chi connectivity index (χ1v) is 9.13. The Bertz CT molecular complexity index is 787. The van der Waals surface area contributed by atoms with E-state index in [1.165, 1.54) is 0 Å². The van der Waals surface area contributed by atoms with Gasteiger partial charge in [-0.1, -0.05) is 23.7 Å². The number of amides is 1. The molecule has 27 heavy (non-hydrogen) atoms. The number of benzene rings is 1. The Kier molecular flexibility index (Phi) is 6.04. The molecule has 0 radical (unpaired) electrons. The molecule has 2 aromatic rings. The molecule has 8 heteroatoms. The van der Waals surface area contributed by atoms with E-state index in [4.69, 9.17) is 25.6 Å². The Morgan fingerprint density at radius 3 is 2.67 bits per heavy atom. The van der Waals surface area contributed by atoms with Crippen LogP contribution in [0.1, 0.15) is 17.3 Å². The molecule has 2 heterocycles. The van der Waals surface area contributed by atoms with E-state index in [2.05, 4.69) is 17.4 Å². The fourth-order valence-corrected chi connectivity index (χ4v) is 3.18. The number of hydrogen-bond acceptors (Lipinski definition) is 6. The number of hydrogen-bond donors (Lipinski definition) is 1. The Balaban J connectivity index is 1.90. The molecular formula is C19H24ClN3O4. The molecule has 0 aliphatic carbocycles. The van der Waals surface area contributed by atoms with Gasteiger partial charge in [-0.15, -0.1) is 0 Å². The summed E-state index contributed by atoms with van der Waals surface area (Å²) < 4.78 is 15.9. The molecule has 1 saturated heterocycles. The van der Waals surface area contributed by atoms with Crippen LogP contribution in [0.2, 0.25) is 5.02 Å². The zero-order chi connectivity index (χ0) is 19.4. The van der Waals surface area contributed by atoms with Gasteiger partial charge in [0.2, 0.25) is 0 Å². The maximum absolute atomic E-state index is 13.2. The second kappa shape index (κ2) is 8.29. The van der Waals surface area contributed by atoms with Gasteiger partial charge < -0.3 is 24.2 Å². The highest BCUT2D eigenvalue weighted by atomic mass is 35.5. The van der Waals surface area contributed by atoms with Gasteiger partial charge in [-0.05, 0) is 24.3 Å². The molecule has 1 N–H and O–H groups in total. The molecular weight excluding hydrogens is 370 g/mol. The van der Waals surface area contributed by atoms with Crippen molar-refractivity contribution in [2.75, 3.05) is 52.4 Å². The summed E-state index contributed by atoms with van der Waals surface area (Å²) in [6, 6.07) is 7.11. The van der Waals surface area contributed by atoms with E-state index in [9.17, 15) is 4.79 Å².